The molecule has 20 aromatic rings. The van der Waals surface area contributed by atoms with Crippen LogP contribution in [0.4, 0.5) is 56.9 Å². The molecule has 0 N–H and O–H groups in total. The van der Waals surface area contributed by atoms with Crippen LogP contribution in [0.3, 0.4) is 0 Å². The maximum absolute atomic E-state index is 2.28. The lowest BCUT2D eigenvalue weighted by atomic mass is 10.00. The van der Waals surface area contributed by atoms with E-state index in [9.17, 15) is 0 Å². The summed E-state index contributed by atoms with van der Waals surface area (Å²) in [5.41, 5.74) is 36.6. The molecule has 20 rings (SSSR count). The number of nitrogens with zero attached hydrogens (tertiary/aromatic N) is 5. The highest BCUT2D eigenvalue weighted by Crippen LogP contribution is 2.42. The molecular weight excluding hydrogens is 1570 g/mol. The van der Waals surface area contributed by atoms with Gasteiger partial charge in [0.15, 0.2) is 0 Å². The third-order valence-corrected chi connectivity index (χ3v) is 23.5. The van der Waals surface area contributed by atoms with E-state index >= 15 is 0 Å². The summed E-state index contributed by atoms with van der Waals surface area (Å²) in [6.45, 7) is 0. The topological polar surface area (TPSA) is 16.2 Å². The zero-order valence-electron chi connectivity index (χ0n) is 74.2. The van der Waals surface area contributed by atoms with Crippen molar-refractivity contribution in [3.05, 3.63) is 546 Å². The van der Waals surface area contributed by atoms with Crippen LogP contribution in [0.2, 0.25) is 0 Å². The number of para-hydroxylation sites is 3. The van der Waals surface area contributed by atoms with Crippen molar-refractivity contribution in [2.75, 3.05) is 59.7 Å². The number of benzene rings is 20. The first-order chi connectivity index (χ1) is 64.1. The van der Waals surface area contributed by atoms with Crippen LogP contribution in [0.1, 0.15) is 0 Å². The first-order valence-electron chi connectivity index (χ1n) is 44.3. The first kappa shape index (κ1) is 86.9. The summed E-state index contributed by atoms with van der Waals surface area (Å²) in [6.07, 6.45) is 0. The molecule has 0 heterocycles. The van der Waals surface area contributed by atoms with Crippen LogP contribution in [0, 0.1) is 0 Å². The summed E-state index contributed by atoms with van der Waals surface area (Å²) in [4.78, 5) is 11.2. The van der Waals surface area contributed by atoms with Gasteiger partial charge in [0, 0.05) is 109 Å². The Labute approximate surface area is 768 Å². The van der Waals surface area contributed by atoms with Gasteiger partial charge in [-0.15, -0.1) is 0 Å². The predicted octanol–water partition coefficient (Wildman–Crippen LogP) is 33.9. The van der Waals surface area contributed by atoms with Gasteiger partial charge in [-0.1, -0.05) is 443 Å². The Balaban J connectivity index is 0.000000119. The Hall–Kier alpha value is -16.6. The van der Waals surface area contributed by atoms with Gasteiger partial charge >= 0.3 is 0 Å². The number of rotatable bonds is 20. The minimum Gasteiger partial charge on any atom is -0.345 e. The van der Waals surface area contributed by atoms with Crippen molar-refractivity contribution in [3.63, 3.8) is 0 Å². The van der Waals surface area contributed by atoms with Gasteiger partial charge in [-0.25, -0.2) is 0 Å². The summed E-state index contributed by atoms with van der Waals surface area (Å²) in [6, 6.07) is 192. The normalized spacial score (nSPS) is 10.5. The second-order valence-corrected chi connectivity index (χ2v) is 31.8. The fraction of sp³-hybridized carbons (Fsp3) is 0.0400. The van der Waals surface area contributed by atoms with Crippen molar-refractivity contribution in [2.45, 2.75) is 0 Å². The average molecular weight is 1680 g/mol. The third kappa shape index (κ3) is 22.4. The van der Waals surface area contributed by atoms with E-state index in [-0.39, 0.29) is 0 Å². The molecule has 0 atom stereocenters. The van der Waals surface area contributed by atoms with Crippen LogP contribution >= 0.6 is 0 Å². The molecule has 0 fully saturated rings. The van der Waals surface area contributed by atoms with Gasteiger partial charge in [0.2, 0.25) is 0 Å². The lowest BCUT2D eigenvalue weighted by Gasteiger charge is -2.25. The fourth-order valence-electron chi connectivity index (χ4n) is 16.2. The smallest absolute Gasteiger partial charge is 0.0487 e. The standard InChI is InChI=1S/5C25H21N/c1-26(24-18-10-8-16-22(24)20-12-4-2-5-13-20)25-19-11-9-17-23(25)21-14-6-3-7-15-21;1-26(24-16-8-14-22(18-24)20-10-4-2-5-11-20)25-17-9-15-23(19-25)21-12-6-3-7-13-21;1-26(23-18-16-21(17-19-23)20-10-4-2-5-11-20)25-15-9-8-14-24(25)22-12-6-3-7-13-22;1-26(24-17-15-22(16-18-24)20-9-4-2-5-10-20)25-14-8-13-23(19-25)21-11-6-3-7-12-21;1-26(24-16-12-22(13-17-24)20-8-4-2-5-9-20)25-18-14-23(15-19-25)21-10-6-3-7-11-21/h5*2-19H,1H3. The Morgan fingerprint density at radius 2 is 0.254 bits per heavy atom. The second-order valence-electron chi connectivity index (χ2n) is 31.8. The maximum Gasteiger partial charge on any atom is 0.0487 e. The molecule has 0 unspecified atom stereocenters. The maximum atomic E-state index is 2.28. The van der Waals surface area contributed by atoms with Crippen LogP contribution in [0.5, 0.6) is 0 Å². The van der Waals surface area contributed by atoms with Gasteiger partial charge in [0.25, 0.3) is 0 Å². The lowest BCUT2D eigenvalue weighted by Crippen LogP contribution is -2.11. The van der Waals surface area contributed by atoms with Gasteiger partial charge < -0.3 is 24.5 Å². The molecule has 0 aliphatic carbocycles. The van der Waals surface area contributed by atoms with E-state index in [0.29, 0.717) is 0 Å². The molecule has 5 heteroatoms. The van der Waals surface area contributed by atoms with Crippen molar-refractivity contribution < 1.29 is 0 Å². The first-order valence-corrected chi connectivity index (χ1v) is 44.3. The van der Waals surface area contributed by atoms with Crippen LogP contribution in [0.25, 0.3) is 111 Å². The van der Waals surface area contributed by atoms with E-state index < -0.39 is 0 Å². The van der Waals surface area contributed by atoms with Gasteiger partial charge in [-0.3, -0.25) is 0 Å². The highest BCUT2D eigenvalue weighted by Gasteiger charge is 2.18. The molecule has 0 saturated heterocycles. The largest absolute Gasteiger partial charge is 0.345 e. The molecule has 0 aliphatic rings. The Kier molecular flexibility index (Phi) is 29.3. The van der Waals surface area contributed by atoms with Crippen LogP contribution in [-0.2, 0) is 0 Å². The number of anilines is 10. The van der Waals surface area contributed by atoms with E-state index in [1.54, 1.807) is 0 Å². The summed E-state index contributed by atoms with van der Waals surface area (Å²) in [7, 11) is 10.6. The SMILES string of the molecule is CN(c1ccc(-c2ccccc2)cc1)c1ccc(-c2ccccc2)cc1.CN(c1ccc(-c2ccccc2)cc1)c1cccc(-c2ccccc2)c1.CN(c1ccc(-c2ccccc2)cc1)c1ccccc1-c1ccccc1.CN(c1cccc(-c2ccccc2)c1)c1cccc(-c2ccccc2)c1.CN(c1ccccc1-c1ccccc1)c1ccccc1-c1ccccc1. The molecule has 5 nitrogen and oxygen atoms in total. The Bertz CT molecular complexity index is 6590. The van der Waals surface area contributed by atoms with Crippen molar-refractivity contribution in [1.29, 1.82) is 0 Å². The summed E-state index contributed by atoms with van der Waals surface area (Å²) in [5, 5.41) is 0. The second kappa shape index (κ2) is 43.8. The van der Waals surface area contributed by atoms with E-state index in [2.05, 4.69) is 575 Å². The van der Waals surface area contributed by atoms with E-state index in [1.165, 1.54) is 168 Å². The lowest BCUT2D eigenvalue weighted by molar-refractivity contribution is 1.21. The third-order valence-electron chi connectivity index (χ3n) is 23.5. The molecule has 20 aromatic carbocycles. The van der Waals surface area contributed by atoms with Gasteiger partial charge in [-0.2, -0.15) is 0 Å². The molecule has 0 aromatic heterocycles. The van der Waals surface area contributed by atoms with Gasteiger partial charge in [0.05, 0.1) is 0 Å². The number of hydrogen-bond acceptors (Lipinski definition) is 5. The number of hydrogen-bond donors (Lipinski definition) is 0. The molecular formula is C125H105N5. The molecule has 630 valence electrons. The molecule has 0 amide bonds. The summed E-state index contributed by atoms with van der Waals surface area (Å²) in [5.74, 6) is 0. The Morgan fingerprint density at radius 1 is 0.100 bits per heavy atom. The van der Waals surface area contributed by atoms with E-state index in [4.69, 9.17) is 0 Å². The minimum atomic E-state index is 1.17. The minimum absolute atomic E-state index is 1.17. The van der Waals surface area contributed by atoms with E-state index in [1.807, 2.05) is 30.3 Å². The molecule has 0 saturated carbocycles. The van der Waals surface area contributed by atoms with Gasteiger partial charge in [-0.05, 0) is 198 Å². The highest BCUT2D eigenvalue weighted by molar-refractivity contribution is 5.89. The molecule has 0 bridgehead atoms. The van der Waals surface area contributed by atoms with Crippen molar-refractivity contribution in [3.8, 4) is 111 Å². The van der Waals surface area contributed by atoms with Crippen molar-refractivity contribution >= 4 is 56.9 Å². The monoisotopic (exact) mass is 1680 g/mol. The van der Waals surface area contributed by atoms with Crippen LogP contribution < -0.4 is 24.5 Å². The predicted molar refractivity (Wildman–Crippen MR) is 559 cm³/mol. The zero-order chi connectivity index (χ0) is 88.8. The van der Waals surface area contributed by atoms with Gasteiger partial charge in [0.1, 0.15) is 0 Å². The highest BCUT2D eigenvalue weighted by atomic mass is 15.1. The molecule has 0 radical (unpaired) electrons. The summed E-state index contributed by atoms with van der Waals surface area (Å²) < 4.78 is 0. The van der Waals surface area contributed by atoms with E-state index in [0.717, 1.165) is 0 Å². The van der Waals surface area contributed by atoms with Crippen molar-refractivity contribution in [2.24, 2.45) is 0 Å². The van der Waals surface area contributed by atoms with Crippen LogP contribution in [0.15, 0.2) is 546 Å². The molecule has 0 aliphatic heterocycles. The average Bonchev–Trinajstić information content (AvgIpc) is 0.792. The zero-order valence-corrected chi connectivity index (χ0v) is 74.2. The quantitative estimate of drug-likeness (QED) is 0.0754. The molecule has 130 heavy (non-hydrogen) atoms. The van der Waals surface area contributed by atoms with Crippen LogP contribution in [-0.4, -0.2) is 35.2 Å². The molecule has 0 spiro atoms. The Morgan fingerprint density at radius 3 is 0.485 bits per heavy atom. The summed E-state index contributed by atoms with van der Waals surface area (Å²) >= 11 is 0. The van der Waals surface area contributed by atoms with Crippen molar-refractivity contribution in [1.82, 2.24) is 0 Å². The fourth-order valence-corrected chi connectivity index (χ4v) is 16.2.